The minimum Gasteiger partial charge on any atom is -0.489 e. The number of hydrogen-bond acceptors (Lipinski definition) is 6. The summed E-state index contributed by atoms with van der Waals surface area (Å²) in [4.78, 5) is 16.9. The van der Waals surface area contributed by atoms with Crippen LogP contribution in [0.4, 0.5) is 5.95 Å². The topological polar surface area (TPSA) is 95.1 Å². The highest BCUT2D eigenvalue weighted by Crippen LogP contribution is 2.20. The van der Waals surface area contributed by atoms with Crippen LogP contribution in [0.5, 0.6) is 5.75 Å². The SMILES string of the molecule is Cc1ccccc1Cn1cnc(NC(=O)c2noc(C)c2COc2ccc(Cl)cc2)n1. The molecule has 0 spiro atoms. The number of benzene rings is 2. The van der Waals surface area contributed by atoms with Crippen LogP contribution < -0.4 is 10.1 Å². The maximum atomic E-state index is 12.7. The van der Waals surface area contributed by atoms with Crippen LogP contribution in [0.3, 0.4) is 0 Å². The van der Waals surface area contributed by atoms with Crippen LogP contribution in [0.2, 0.25) is 5.02 Å². The van der Waals surface area contributed by atoms with Crippen molar-refractivity contribution in [2.75, 3.05) is 5.32 Å². The summed E-state index contributed by atoms with van der Waals surface area (Å²) < 4.78 is 12.6. The van der Waals surface area contributed by atoms with Gasteiger partial charge in [0.1, 0.15) is 24.4 Å². The van der Waals surface area contributed by atoms with E-state index in [1.54, 1.807) is 42.2 Å². The van der Waals surface area contributed by atoms with Gasteiger partial charge in [0.25, 0.3) is 5.91 Å². The van der Waals surface area contributed by atoms with Crippen molar-refractivity contribution in [3.8, 4) is 5.75 Å². The zero-order chi connectivity index (χ0) is 21.8. The van der Waals surface area contributed by atoms with Crippen molar-refractivity contribution in [3.63, 3.8) is 0 Å². The fraction of sp³-hybridized carbons (Fsp3) is 0.182. The van der Waals surface area contributed by atoms with E-state index in [1.807, 2.05) is 31.2 Å². The summed E-state index contributed by atoms with van der Waals surface area (Å²) in [6, 6.07) is 15.0. The van der Waals surface area contributed by atoms with Gasteiger partial charge in [-0.3, -0.25) is 10.1 Å². The van der Waals surface area contributed by atoms with Crippen molar-refractivity contribution in [1.29, 1.82) is 0 Å². The number of halogens is 1. The lowest BCUT2D eigenvalue weighted by Crippen LogP contribution is -2.16. The smallest absolute Gasteiger partial charge is 0.280 e. The van der Waals surface area contributed by atoms with Crippen LogP contribution in [0.25, 0.3) is 0 Å². The first kappa shape index (κ1) is 20.6. The highest BCUT2D eigenvalue weighted by molar-refractivity contribution is 6.30. The monoisotopic (exact) mass is 437 g/mol. The van der Waals surface area contributed by atoms with Crippen molar-refractivity contribution in [2.45, 2.75) is 27.0 Å². The summed E-state index contributed by atoms with van der Waals surface area (Å²) in [7, 11) is 0. The van der Waals surface area contributed by atoms with E-state index in [0.717, 1.165) is 11.1 Å². The molecule has 1 N–H and O–H groups in total. The Morgan fingerprint density at radius 1 is 1.16 bits per heavy atom. The fourth-order valence-corrected chi connectivity index (χ4v) is 3.10. The van der Waals surface area contributed by atoms with Crippen molar-refractivity contribution in [2.24, 2.45) is 0 Å². The highest BCUT2D eigenvalue weighted by atomic mass is 35.5. The molecule has 31 heavy (non-hydrogen) atoms. The highest BCUT2D eigenvalue weighted by Gasteiger charge is 2.21. The molecule has 2 heterocycles. The number of ether oxygens (including phenoxy) is 1. The quantitative estimate of drug-likeness (QED) is 0.460. The molecule has 4 aromatic rings. The molecule has 2 aromatic carbocycles. The van der Waals surface area contributed by atoms with E-state index < -0.39 is 5.91 Å². The molecule has 0 saturated carbocycles. The summed E-state index contributed by atoms with van der Waals surface area (Å²) >= 11 is 5.89. The largest absolute Gasteiger partial charge is 0.489 e. The van der Waals surface area contributed by atoms with E-state index in [9.17, 15) is 4.79 Å². The summed E-state index contributed by atoms with van der Waals surface area (Å²) in [6.07, 6.45) is 1.57. The van der Waals surface area contributed by atoms with Gasteiger partial charge in [0, 0.05) is 5.02 Å². The van der Waals surface area contributed by atoms with Crippen LogP contribution in [0.1, 0.15) is 32.9 Å². The van der Waals surface area contributed by atoms with E-state index in [-0.39, 0.29) is 18.2 Å². The Bertz CT molecular complexity index is 1200. The first-order valence-electron chi connectivity index (χ1n) is 9.58. The molecule has 0 fully saturated rings. The van der Waals surface area contributed by atoms with Gasteiger partial charge in [-0.15, -0.1) is 5.10 Å². The lowest BCUT2D eigenvalue weighted by molar-refractivity contribution is 0.101. The number of hydrogen-bond donors (Lipinski definition) is 1. The number of rotatable bonds is 7. The third kappa shape index (κ3) is 4.92. The van der Waals surface area contributed by atoms with Crippen LogP contribution in [0, 0.1) is 13.8 Å². The van der Waals surface area contributed by atoms with Crippen molar-refractivity contribution >= 4 is 23.5 Å². The summed E-state index contributed by atoms with van der Waals surface area (Å²) in [5.74, 6) is 0.828. The van der Waals surface area contributed by atoms with Crippen LogP contribution >= 0.6 is 11.6 Å². The van der Waals surface area contributed by atoms with E-state index in [2.05, 4.69) is 20.6 Å². The van der Waals surface area contributed by atoms with Crippen molar-refractivity contribution in [3.05, 3.63) is 88.0 Å². The third-order valence-corrected chi connectivity index (χ3v) is 5.00. The second kappa shape index (κ2) is 9.01. The van der Waals surface area contributed by atoms with Gasteiger partial charge >= 0.3 is 0 Å². The fourth-order valence-electron chi connectivity index (χ4n) is 2.98. The summed E-state index contributed by atoms with van der Waals surface area (Å²) in [5.41, 5.74) is 2.96. The Hall–Kier alpha value is -3.65. The molecule has 9 heteroatoms. The van der Waals surface area contributed by atoms with E-state index in [1.165, 1.54) is 0 Å². The van der Waals surface area contributed by atoms with Crippen LogP contribution in [-0.2, 0) is 13.2 Å². The van der Waals surface area contributed by atoms with Gasteiger partial charge in [0.05, 0.1) is 12.1 Å². The Balaban J connectivity index is 1.43. The molecule has 0 unspecified atom stereocenters. The number of nitrogens with zero attached hydrogens (tertiary/aromatic N) is 4. The average molecular weight is 438 g/mol. The van der Waals surface area contributed by atoms with Gasteiger partial charge in [0.15, 0.2) is 5.69 Å². The predicted octanol–water partition coefficient (Wildman–Crippen LogP) is 4.42. The van der Waals surface area contributed by atoms with Gasteiger partial charge in [-0.05, 0) is 49.2 Å². The Morgan fingerprint density at radius 3 is 2.71 bits per heavy atom. The van der Waals surface area contributed by atoms with Gasteiger partial charge in [-0.1, -0.05) is 41.0 Å². The second-order valence-corrected chi connectivity index (χ2v) is 7.39. The van der Waals surface area contributed by atoms with Gasteiger partial charge in [-0.25, -0.2) is 9.67 Å². The molecule has 4 rings (SSSR count). The van der Waals surface area contributed by atoms with E-state index >= 15 is 0 Å². The molecule has 0 aliphatic heterocycles. The second-order valence-electron chi connectivity index (χ2n) is 6.95. The average Bonchev–Trinajstić information content (AvgIpc) is 3.35. The zero-order valence-corrected chi connectivity index (χ0v) is 17.8. The minimum absolute atomic E-state index is 0.120. The maximum Gasteiger partial charge on any atom is 0.280 e. The molecule has 158 valence electrons. The summed E-state index contributed by atoms with van der Waals surface area (Å²) in [6.45, 7) is 4.43. The van der Waals surface area contributed by atoms with Gasteiger partial charge in [-0.2, -0.15) is 0 Å². The van der Waals surface area contributed by atoms with Crippen molar-refractivity contribution in [1.82, 2.24) is 19.9 Å². The molecule has 1 amide bonds. The lowest BCUT2D eigenvalue weighted by atomic mass is 10.1. The van der Waals surface area contributed by atoms with Crippen molar-refractivity contribution < 1.29 is 14.1 Å². The molecule has 8 nitrogen and oxygen atoms in total. The number of carbonyl (C=O) groups is 1. The molecule has 0 saturated heterocycles. The minimum atomic E-state index is -0.472. The zero-order valence-electron chi connectivity index (χ0n) is 17.0. The summed E-state index contributed by atoms with van der Waals surface area (Å²) in [5, 5.41) is 11.5. The predicted molar refractivity (Wildman–Crippen MR) is 115 cm³/mol. The molecular weight excluding hydrogens is 418 g/mol. The molecular formula is C22H20ClN5O3. The number of aromatic nitrogens is 4. The molecule has 0 aliphatic rings. The number of amides is 1. The number of anilines is 1. The maximum absolute atomic E-state index is 12.7. The normalized spacial score (nSPS) is 10.8. The van der Waals surface area contributed by atoms with Crippen LogP contribution in [-0.4, -0.2) is 25.8 Å². The molecule has 2 aromatic heterocycles. The van der Waals surface area contributed by atoms with Gasteiger partial charge < -0.3 is 9.26 Å². The molecule has 0 aliphatic carbocycles. The number of aryl methyl sites for hydroxylation is 2. The Morgan fingerprint density at radius 2 is 1.94 bits per heavy atom. The third-order valence-electron chi connectivity index (χ3n) is 4.75. The van der Waals surface area contributed by atoms with E-state index in [0.29, 0.717) is 28.6 Å². The van der Waals surface area contributed by atoms with Gasteiger partial charge in [0.2, 0.25) is 5.95 Å². The number of carbonyl (C=O) groups excluding carboxylic acids is 1. The first-order chi connectivity index (χ1) is 15.0. The molecule has 0 bridgehead atoms. The van der Waals surface area contributed by atoms with Crippen LogP contribution in [0.15, 0.2) is 59.4 Å². The van der Waals surface area contributed by atoms with E-state index in [4.69, 9.17) is 20.9 Å². The molecule has 0 radical (unpaired) electrons. The first-order valence-corrected chi connectivity index (χ1v) is 9.96. The standard InChI is InChI=1S/C22H20ClN5O3/c1-14-5-3-4-6-16(14)11-28-13-24-22(26-28)25-21(29)20-19(15(2)31-27-20)12-30-18-9-7-17(23)8-10-18/h3-10,13H,11-12H2,1-2H3,(H,25,26,29). The lowest BCUT2D eigenvalue weighted by Gasteiger charge is -2.06. The Kier molecular flexibility index (Phi) is 5.99. The number of nitrogens with one attached hydrogen (secondary N) is 1. The Labute approximate surface area is 183 Å². The molecule has 0 atom stereocenters.